The van der Waals surface area contributed by atoms with E-state index in [4.69, 9.17) is 19.0 Å². The van der Waals surface area contributed by atoms with E-state index < -0.39 is 17.8 Å². The average molecular weight is 759 g/mol. The Morgan fingerprint density at radius 2 is 1.48 bits per heavy atom. The van der Waals surface area contributed by atoms with Gasteiger partial charge in [-0.1, -0.05) is 60.8 Å². The Morgan fingerprint density at radius 3 is 2.13 bits per heavy atom. The first-order valence-electron chi connectivity index (χ1n) is 22.1. The zero-order chi connectivity index (χ0) is 39.0. The van der Waals surface area contributed by atoms with E-state index in [0.29, 0.717) is 53.2 Å². The number of carbonyl (C=O) groups excluding carboxylic acids is 4. The third-order valence-electron chi connectivity index (χ3n) is 15.0. The summed E-state index contributed by atoms with van der Waals surface area (Å²) in [5.41, 5.74) is 0.299. The van der Waals surface area contributed by atoms with Crippen LogP contribution in [0.25, 0.3) is 0 Å². The van der Waals surface area contributed by atoms with E-state index in [1.807, 2.05) is 0 Å². The van der Waals surface area contributed by atoms with Crippen LogP contribution in [0.3, 0.4) is 0 Å². The monoisotopic (exact) mass is 759 g/mol. The van der Waals surface area contributed by atoms with E-state index in [-0.39, 0.29) is 48.3 Å². The Bertz CT molecular complexity index is 1260. The number of amides is 3. The number of fused-ring (bicyclic) bond motifs is 5. The van der Waals surface area contributed by atoms with Crippen LogP contribution in [-0.4, -0.2) is 84.9 Å². The van der Waals surface area contributed by atoms with Crippen molar-refractivity contribution in [1.29, 1.82) is 0 Å². The van der Waals surface area contributed by atoms with Crippen LogP contribution in [0.2, 0.25) is 0 Å². The topological polar surface area (TPSA) is 112 Å². The molecule has 10 heteroatoms. The van der Waals surface area contributed by atoms with Gasteiger partial charge in [0, 0.05) is 51.5 Å². The van der Waals surface area contributed by atoms with Crippen molar-refractivity contribution in [2.24, 2.45) is 46.3 Å². The summed E-state index contributed by atoms with van der Waals surface area (Å²) in [6.07, 6.45) is 17.5. The molecule has 1 aliphatic heterocycles. The molecule has 0 aromatic rings. The Hall–Kier alpha value is -2.04. The number of ether oxygens (including phenoxy) is 3. The van der Waals surface area contributed by atoms with E-state index in [9.17, 15) is 19.2 Å². The molecule has 5 rings (SSSR count). The smallest absolute Gasteiger partial charge is 0.352 e. The Kier molecular flexibility index (Phi) is 15.5. The molecular weight excluding hydrogens is 684 g/mol. The van der Waals surface area contributed by atoms with E-state index in [1.165, 1.54) is 37.5 Å². The first-order chi connectivity index (χ1) is 25.9. The molecule has 1 saturated heterocycles. The van der Waals surface area contributed by atoms with Crippen molar-refractivity contribution in [3.05, 3.63) is 0 Å². The van der Waals surface area contributed by atoms with Crippen LogP contribution in [0.1, 0.15) is 158 Å². The lowest BCUT2D eigenvalue weighted by atomic mass is 9.43. The molecule has 0 aromatic heterocycles. The quantitative estimate of drug-likeness (QED) is 0.0901. The number of imide groups is 1. The molecule has 5 fully saturated rings. The number of hydrogen-bond donors (Lipinski definition) is 0. The molecule has 0 N–H and O–H groups in total. The first kappa shape index (κ1) is 43.1. The molecule has 2 unspecified atom stereocenters. The standard InChI is InChI=1S/C44H74N2O8/c1-8-11-23-51-33-20-21-43(6)32(26-33)27-37(52-24-12-9-2)42-35-17-16-34(44(35,7)38(28-36(42)43)53-25-13-10-3)30(4)15-14-22-45(31(5)47)29-41(50)54-46-39(48)18-19-40(46)49/h30,32-38,42H,8-29H2,1-7H3/t30-,32?,33-,34-,35+,36+,37-,38+,42?,43+,44-/m1/s1. The number of rotatable bonds is 20. The molecule has 5 aliphatic rings. The predicted molar refractivity (Wildman–Crippen MR) is 208 cm³/mol. The Morgan fingerprint density at radius 1 is 0.833 bits per heavy atom. The third kappa shape index (κ3) is 9.39. The fraction of sp³-hybridized carbons (Fsp3) is 0.909. The van der Waals surface area contributed by atoms with Gasteiger partial charge in [0.2, 0.25) is 5.91 Å². The second-order valence-corrected chi connectivity index (χ2v) is 18.2. The molecule has 0 aromatic carbocycles. The van der Waals surface area contributed by atoms with Crippen LogP contribution in [0.4, 0.5) is 0 Å². The maximum Gasteiger partial charge on any atom is 0.352 e. The minimum Gasteiger partial charge on any atom is -0.378 e. The molecule has 4 saturated carbocycles. The highest BCUT2D eigenvalue weighted by atomic mass is 16.7. The third-order valence-corrected chi connectivity index (χ3v) is 15.0. The SMILES string of the molecule is CCCCO[C@@H]1CC[C@@]2(C)C(C1)C[C@@H](OCCCC)C1[C@@H]3CC[C@H]([C@H](C)CCCN(CC(=O)ON4C(=O)CCC4=O)C(C)=O)[C@@]3(C)[C@@H](OCCCC)C[C@@H]12. The number of unbranched alkanes of at least 4 members (excludes halogenated alkanes) is 3. The van der Waals surface area contributed by atoms with E-state index in [1.54, 1.807) is 0 Å². The molecule has 10 nitrogen and oxygen atoms in total. The minimum absolute atomic E-state index is 0.0310. The second kappa shape index (κ2) is 19.4. The number of hydroxylamine groups is 2. The minimum atomic E-state index is -0.770. The molecule has 11 atom stereocenters. The highest BCUT2D eigenvalue weighted by Crippen LogP contribution is 2.69. The molecule has 0 radical (unpaired) electrons. The molecular formula is C44H74N2O8. The first-order valence-corrected chi connectivity index (χ1v) is 22.1. The van der Waals surface area contributed by atoms with Gasteiger partial charge in [-0.25, -0.2) is 4.79 Å². The molecule has 0 bridgehead atoms. The summed E-state index contributed by atoms with van der Waals surface area (Å²) in [7, 11) is 0. The molecule has 0 spiro atoms. The van der Waals surface area contributed by atoms with Crippen molar-refractivity contribution >= 4 is 23.7 Å². The largest absolute Gasteiger partial charge is 0.378 e. The van der Waals surface area contributed by atoms with Gasteiger partial charge in [0.05, 0.1) is 18.3 Å². The highest BCUT2D eigenvalue weighted by molar-refractivity contribution is 6.01. The van der Waals surface area contributed by atoms with Gasteiger partial charge in [0.25, 0.3) is 11.8 Å². The number of hydrogen-bond acceptors (Lipinski definition) is 8. The van der Waals surface area contributed by atoms with E-state index in [0.717, 1.165) is 90.4 Å². The van der Waals surface area contributed by atoms with Crippen molar-refractivity contribution in [3.8, 4) is 0 Å². The number of nitrogens with zero attached hydrogens (tertiary/aromatic N) is 2. The van der Waals surface area contributed by atoms with Gasteiger partial charge < -0.3 is 23.9 Å². The van der Waals surface area contributed by atoms with Crippen LogP contribution in [0, 0.1) is 46.3 Å². The van der Waals surface area contributed by atoms with Gasteiger partial charge in [-0.15, -0.1) is 5.06 Å². The number of carbonyl (C=O) groups is 4. The highest BCUT2D eigenvalue weighted by Gasteiger charge is 2.66. The van der Waals surface area contributed by atoms with Crippen molar-refractivity contribution < 1.29 is 38.2 Å². The van der Waals surface area contributed by atoms with Crippen molar-refractivity contribution in [2.45, 2.75) is 176 Å². The lowest BCUT2D eigenvalue weighted by Gasteiger charge is -2.65. The molecule has 308 valence electrons. The van der Waals surface area contributed by atoms with Crippen molar-refractivity contribution in [2.75, 3.05) is 32.9 Å². The van der Waals surface area contributed by atoms with Crippen LogP contribution in [0.5, 0.6) is 0 Å². The summed E-state index contributed by atoms with van der Waals surface area (Å²) in [6.45, 7) is 18.4. The summed E-state index contributed by atoms with van der Waals surface area (Å²) >= 11 is 0. The zero-order valence-electron chi connectivity index (χ0n) is 34.9. The van der Waals surface area contributed by atoms with Crippen molar-refractivity contribution in [3.63, 3.8) is 0 Å². The maximum atomic E-state index is 12.7. The van der Waals surface area contributed by atoms with Crippen LogP contribution >= 0.6 is 0 Å². The van der Waals surface area contributed by atoms with Gasteiger partial charge in [-0.05, 0) is 118 Å². The van der Waals surface area contributed by atoms with Gasteiger partial charge in [0.1, 0.15) is 6.54 Å². The van der Waals surface area contributed by atoms with Gasteiger partial charge in [-0.3, -0.25) is 14.4 Å². The fourth-order valence-corrected chi connectivity index (χ4v) is 11.9. The van der Waals surface area contributed by atoms with Crippen LogP contribution < -0.4 is 0 Å². The summed E-state index contributed by atoms with van der Waals surface area (Å²) in [5.74, 6) is 1.12. The summed E-state index contributed by atoms with van der Waals surface area (Å²) in [5, 5.41) is 0.550. The predicted octanol–water partition coefficient (Wildman–Crippen LogP) is 8.29. The fourth-order valence-electron chi connectivity index (χ4n) is 11.9. The molecule has 54 heavy (non-hydrogen) atoms. The summed E-state index contributed by atoms with van der Waals surface area (Å²) < 4.78 is 20.6. The molecule has 4 aliphatic carbocycles. The van der Waals surface area contributed by atoms with Crippen LogP contribution in [-0.2, 0) is 38.2 Å². The second-order valence-electron chi connectivity index (χ2n) is 18.2. The Labute approximate surface area is 326 Å². The van der Waals surface area contributed by atoms with Gasteiger partial charge in [0.15, 0.2) is 0 Å². The maximum absolute atomic E-state index is 12.7. The summed E-state index contributed by atoms with van der Waals surface area (Å²) in [4.78, 5) is 55.7. The summed E-state index contributed by atoms with van der Waals surface area (Å²) in [6, 6.07) is 0. The van der Waals surface area contributed by atoms with Gasteiger partial charge >= 0.3 is 5.97 Å². The Balaban J connectivity index is 1.31. The van der Waals surface area contributed by atoms with Crippen LogP contribution in [0.15, 0.2) is 0 Å². The zero-order valence-corrected chi connectivity index (χ0v) is 34.9. The normalized spacial score (nSPS) is 35.4. The lowest BCUT2D eigenvalue weighted by molar-refractivity contribution is -0.227. The lowest BCUT2D eigenvalue weighted by Crippen LogP contribution is -2.63. The molecule has 3 amide bonds. The average Bonchev–Trinajstić information content (AvgIpc) is 3.66. The van der Waals surface area contributed by atoms with E-state index in [2.05, 4.69) is 41.5 Å². The molecule has 1 heterocycles. The van der Waals surface area contributed by atoms with E-state index >= 15 is 0 Å². The van der Waals surface area contributed by atoms with Crippen molar-refractivity contribution in [1.82, 2.24) is 9.96 Å². The van der Waals surface area contributed by atoms with Gasteiger partial charge in [-0.2, -0.15) is 0 Å².